The third-order valence-corrected chi connectivity index (χ3v) is 6.29. The van der Waals surface area contributed by atoms with Crippen LogP contribution in [0.4, 0.5) is 0 Å². The summed E-state index contributed by atoms with van der Waals surface area (Å²) in [5.74, 6) is 0. The Bertz CT molecular complexity index is 371. The van der Waals surface area contributed by atoms with Crippen molar-refractivity contribution in [3.8, 4) is 0 Å². The Kier molecular flexibility index (Phi) is 4.31. The third kappa shape index (κ3) is 2.57. The van der Waals surface area contributed by atoms with Gasteiger partial charge in [-0.1, -0.05) is 13.3 Å². The van der Waals surface area contributed by atoms with E-state index in [1.165, 1.54) is 4.31 Å². The summed E-state index contributed by atoms with van der Waals surface area (Å²) in [7, 11) is -1.59. The van der Waals surface area contributed by atoms with E-state index in [1.54, 1.807) is 11.4 Å². The molecule has 0 saturated carbocycles. The molecular weight excluding hydrogens is 250 g/mol. The monoisotopic (exact) mass is 275 g/mol. The van der Waals surface area contributed by atoms with Crippen LogP contribution >= 0.6 is 0 Å². The number of rotatable bonds is 5. The minimum absolute atomic E-state index is 0.132. The van der Waals surface area contributed by atoms with Crippen LogP contribution in [-0.2, 0) is 10.2 Å². The fourth-order valence-corrected chi connectivity index (χ4v) is 5.03. The molecule has 0 aromatic carbocycles. The van der Waals surface area contributed by atoms with Crippen LogP contribution in [0.15, 0.2) is 0 Å². The van der Waals surface area contributed by atoms with Crippen molar-refractivity contribution in [1.29, 1.82) is 0 Å². The van der Waals surface area contributed by atoms with Crippen molar-refractivity contribution >= 4 is 10.2 Å². The van der Waals surface area contributed by atoms with Gasteiger partial charge in [-0.15, -0.1) is 0 Å². The summed E-state index contributed by atoms with van der Waals surface area (Å²) >= 11 is 0. The summed E-state index contributed by atoms with van der Waals surface area (Å²) in [6, 6.07) is 0.440. The lowest BCUT2D eigenvalue weighted by Crippen LogP contribution is -2.54. The van der Waals surface area contributed by atoms with Crippen molar-refractivity contribution in [2.45, 2.75) is 63.6 Å². The fraction of sp³-hybridized carbons (Fsp3) is 1.00. The zero-order valence-electron chi connectivity index (χ0n) is 11.4. The zero-order chi connectivity index (χ0) is 13.3. The quantitative estimate of drug-likeness (QED) is 0.811. The molecule has 2 unspecified atom stereocenters. The lowest BCUT2D eigenvalue weighted by atomic mass is 10.0. The van der Waals surface area contributed by atoms with Crippen molar-refractivity contribution in [2.75, 3.05) is 13.6 Å². The van der Waals surface area contributed by atoms with E-state index in [1.807, 2.05) is 0 Å². The number of nitrogens with zero attached hydrogens (tertiary/aromatic N) is 2. The summed E-state index contributed by atoms with van der Waals surface area (Å²) in [5, 5.41) is 0. The maximum Gasteiger partial charge on any atom is 0.282 e. The molecule has 2 saturated heterocycles. The standard InChI is InChI=1S/C12H25N3O2S/c1-3-4-7-14(2)18(16,17)15-11-5-6-12(15)9-10(13)8-11/h10-12H,3-9,13H2,1-2H3. The van der Waals surface area contributed by atoms with Gasteiger partial charge in [0.25, 0.3) is 10.2 Å². The Morgan fingerprint density at radius 2 is 1.83 bits per heavy atom. The molecule has 6 heteroatoms. The van der Waals surface area contributed by atoms with Gasteiger partial charge in [0, 0.05) is 31.7 Å². The number of hydrogen-bond donors (Lipinski definition) is 1. The average Bonchev–Trinajstić information content (AvgIpc) is 2.59. The molecule has 0 radical (unpaired) electrons. The topological polar surface area (TPSA) is 66.6 Å². The third-order valence-electron chi connectivity index (χ3n) is 4.19. The second kappa shape index (κ2) is 5.45. The van der Waals surface area contributed by atoms with E-state index >= 15 is 0 Å². The molecule has 0 aliphatic carbocycles. The van der Waals surface area contributed by atoms with Crippen molar-refractivity contribution in [1.82, 2.24) is 8.61 Å². The molecular formula is C12H25N3O2S. The molecule has 5 nitrogen and oxygen atoms in total. The molecule has 0 aromatic rings. The fourth-order valence-electron chi connectivity index (χ4n) is 3.21. The molecule has 2 fully saturated rings. The Hall–Kier alpha value is -0.170. The molecule has 2 aliphatic heterocycles. The van der Waals surface area contributed by atoms with E-state index in [0.717, 1.165) is 38.5 Å². The highest BCUT2D eigenvalue weighted by Crippen LogP contribution is 2.37. The number of nitrogens with two attached hydrogens (primary N) is 1. The van der Waals surface area contributed by atoms with E-state index in [9.17, 15) is 8.42 Å². The molecule has 0 spiro atoms. The molecule has 106 valence electrons. The van der Waals surface area contributed by atoms with Gasteiger partial charge in [0.2, 0.25) is 0 Å². The lowest BCUT2D eigenvalue weighted by molar-refractivity contribution is 0.213. The van der Waals surface area contributed by atoms with Gasteiger partial charge < -0.3 is 5.73 Å². The first kappa shape index (κ1) is 14.2. The summed E-state index contributed by atoms with van der Waals surface area (Å²) in [6.07, 6.45) is 5.50. The van der Waals surface area contributed by atoms with Gasteiger partial charge in [0.05, 0.1) is 0 Å². The summed E-state index contributed by atoms with van der Waals surface area (Å²) in [5.41, 5.74) is 5.98. The van der Waals surface area contributed by atoms with Gasteiger partial charge in [-0.3, -0.25) is 0 Å². The van der Waals surface area contributed by atoms with E-state index in [4.69, 9.17) is 5.73 Å². The van der Waals surface area contributed by atoms with Crippen LogP contribution in [0.2, 0.25) is 0 Å². The number of hydrogen-bond acceptors (Lipinski definition) is 3. The second-order valence-corrected chi connectivity index (χ2v) is 7.57. The Morgan fingerprint density at radius 3 is 2.33 bits per heavy atom. The molecule has 2 aliphatic rings. The van der Waals surface area contributed by atoms with Gasteiger partial charge in [0.15, 0.2) is 0 Å². The van der Waals surface area contributed by atoms with E-state index in [-0.39, 0.29) is 18.1 Å². The first-order valence-electron chi connectivity index (χ1n) is 6.97. The van der Waals surface area contributed by atoms with Crippen molar-refractivity contribution < 1.29 is 8.42 Å². The zero-order valence-corrected chi connectivity index (χ0v) is 12.2. The first-order chi connectivity index (χ1) is 8.46. The highest BCUT2D eigenvalue weighted by molar-refractivity contribution is 7.86. The number of piperidine rings is 1. The molecule has 2 heterocycles. The average molecular weight is 275 g/mol. The van der Waals surface area contributed by atoms with Crippen molar-refractivity contribution in [3.05, 3.63) is 0 Å². The Labute approximate surface area is 110 Å². The molecule has 0 aromatic heterocycles. The minimum Gasteiger partial charge on any atom is -0.328 e. The van der Waals surface area contributed by atoms with E-state index < -0.39 is 10.2 Å². The van der Waals surface area contributed by atoms with Gasteiger partial charge in [-0.25, -0.2) is 0 Å². The van der Waals surface area contributed by atoms with Crippen LogP contribution in [0.5, 0.6) is 0 Å². The Balaban J connectivity index is 2.11. The maximum absolute atomic E-state index is 12.6. The predicted octanol–water partition coefficient (Wildman–Crippen LogP) is 0.917. The normalized spacial score (nSPS) is 33.2. The van der Waals surface area contributed by atoms with Gasteiger partial charge in [-0.05, 0) is 32.1 Å². The molecule has 2 rings (SSSR count). The molecule has 2 N–H and O–H groups in total. The van der Waals surface area contributed by atoms with Crippen LogP contribution in [0.1, 0.15) is 45.4 Å². The summed E-state index contributed by atoms with van der Waals surface area (Å²) < 4.78 is 28.4. The SMILES string of the molecule is CCCCN(C)S(=O)(=O)N1C2CCC1CC(N)C2. The molecule has 2 atom stereocenters. The smallest absolute Gasteiger partial charge is 0.282 e. The van der Waals surface area contributed by atoms with Gasteiger partial charge >= 0.3 is 0 Å². The van der Waals surface area contributed by atoms with Crippen LogP contribution in [0, 0.1) is 0 Å². The van der Waals surface area contributed by atoms with Gasteiger partial charge in [0.1, 0.15) is 0 Å². The van der Waals surface area contributed by atoms with Crippen LogP contribution in [0.3, 0.4) is 0 Å². The first-order valence-corrected chi connectivity index (χ1v) is 8.37. The lowest BCUT2D eigenvalue weighted by Gasteiger charge is -2.38. The number of fused-ring (bicyclic) bond motifs is 2. The second-order valence-electron chi connectivity index (χ2n) is 5.63. The van der Waals surface area contributed by atoms with Crippen LogP contribution in [0.25, 0.3) is 0 Å². The maximum atomic E-state index is 12.6. The Morgan fingerprint density at radius 1 is 1.28 bits per heavy atom. The van der Waals surface area contributed by atoms with Crippen molar-refractivity contribution in [2.24, 2.45) is 5.73 Å². The summed E-state index contributed by atoms with van der Waals surface area (Å²) in [6.45, 7) is 2.69. The molecule has 0 amide bonds. The predicted molar refractivity (Wildman–Crippen MR) is 72.3 cm³/mol. The molecule has 2 bridgehead atoms. The van der Waals surface area contributed by atoms with Gasteiger partial charge in [-0.2, -0.15) is 17.0 Å². The summed E-state index contributed by atoms with van der Waals surface area (Å²) in [4.78, 5) is 0. The van der Waals surface area contributed by atoms with Crippen LogP contribution < -0.4 is 5.73 Å². The van der Waals surface area contributed by atoms with Crippen LogP contribution in [-0.4, -0.2) is 48.7 Å². The highest BCUT2D eigenvalue weighted by atomic mass is 32.2. The largest absolute Gasteiger partial charge is 0.328 e. The number of unbranched alkanes of at least 4 members (excludes halogenated alkanes) is 1. The van der Waals surface area contributed by atoms with Crippen molar-refractivity contribution in [3.63, 3.8) is 0 Å². The highest BCUT2D eigenvalue weighted by Gasteiger charge is 2.47. The van der Waals surface area contributed by atoms with E-state index in [0.29, 0.717) is 6.54 Å². The van der Waals surface area contributed by atoms with E-state index in [2.05, 4.69) is 6.92 Å². The minimum atomic E-state index is -3.28. The molecule has 18 heavy (non-hydrogen) atoms.